The Morgan fingerprint density at radius 1 is 0.964 bits per heavy atom. The Balaban J connectivity index is 1.91. The van der Waals surface area contributed by atoms with Crippen LogP contribution in [0.2, 0.25) is 0 Å². The molecule has 0 saturated carbocycles. The average Bonchev–Trinajstić information content (AvgIpc) is 2.69. The number of aryl methyl sites for hydroxylation is 1. The molecule has 0 spiro atoms. The first-order valence-corrected chi connectivity index (χ1v) is 9.95. The summed E-state index contributed by atoms with van der Waals surface area (Å²) in [7, 11) is -2.77. The topological polar surface area (TPSA) is 66.5 Å². The van der Waals surface area contributed by atoms with E-state index in [4.69, 9.17) is 0 Å². The minimum absolute atomic E-state index is 0.0720. The molecule has 144 valence electrons. The van der Waals surface area contributed by atoms with Gasteiger partial charge in [-0.3, -0.25) is 9.10 Å². The van der Waals surface area contributed by atoms with Crippen molar-refractivity contribution in [3.63, 3.8) is 0 Å². The van der Waals surface area contributed by atoms with Gasteiger partial charge in [0.2, 0.25) is 0 Å². The summed E-state index contributed by atoms with van der Waals surface area (Å²) >= 11 is 0. The third kappa shape index (κ3) is 3.89. The van der Waals surface area contributed by atoms with E-state index in [0.717, 1.165) is 9.87 Å². The molecule has 0 aromatic heterocycles. The standard InChI is InChI=1S/C21H19FN2O3S/c1-15-8-3-5-12-19(15)23-21(25)16-9-7-10-17(14-16)28(26,27)24(2)20-13-6-4-11-18(20)22/h3-14H,1-2H3,(H,23,25). The largest absolute Gasteiger partial charge is 0.322 e. The maximum absolute atomic E-state index is 14.0. The molecule has 0 unspecified atom stereocenters. The molecule has 0 saturated heterocycles. The molecule has 0 heterocycles. The second kappa shape index (κ2) is 7.82. The molecule has 0 aliphatic heterocycles. The molecule has 0 bridgehead atoms. The molecule has 7 heteroatoms. The number of carbonyl (C=O) groups excluding carboxylic acids is 1. The fraction of sp³-hybridized carbons (Fsp3) is 0.0952. The van der Waals surface area contributed by atoms with E-state index < -0.39 is 21.7 Å². The number of nitrogens with zero attached hydrogens (tertiary/aromatic N) is 1. The van der Waals surface area contributed by atoms with Crippen LogP contribution in [0.3, 0.4) is 0 Å². The van der Waals surface area contributed by atoms with Crippen molar-refractivity contribution in [2.75, 3.05) is 16.7 Å². The fourth-order valence-corrected chi connectivity index (χ4v) is 3.95. The Labute approximate surface area is 163 Å². The lowest BCUT2D eigenvalue weighted by Crippen LogP contribution is -2.27. The Hall–Kier alpha value is -3.19. The van der Waals surface area contributed by atoms with Gasteiger partial charge in [-0.2, -0.15) is 0 Å². The van der Waals surface area contributed by atoms with E-state index in [2.05, 4.69) is 5.32 Å². The van der Waals surface area contributed by atoms with Crippen molar-refractivity contribution in [2.24, 2.45) is 0 Å². The van der Waals surface area contributed by atoms with Gasteiger partial charge in [-0.25, -0.2) is 12.8 Å². The molecule has 0 fully saturated rings. The summed E-state index contributed by atoms with van der Waals surface area (Å²) in [5.41, 5.74) is 1.65. The number of para-hydroxylation sites is 2. The number of rotatable bonds is 5. The van der Waals surface area contributed by atoms with Gasteiger partial charge in [0.25, 0.3) is 15.9 Å². The quantitative estimate of drug-likeness (QED) is 0.700. The second-order valence-corrected chi connectivity index (χ2v) is 8.19. The van der Waals surface area contributed by atoms with Gasteiger partial charge in [0, 0.05) is 18.3 Å². The van der Waals surface area contributed by atoms with E-state index in [1.807, 2.05) is 19.1 Å². The molecule has 0 aliphatic rings. The van der Waals surface area contributed by atoms with Gasteiger partial charge in [0.05, 0.1) is 10.6 Å². The highest BCUT2D eigenvalue weighted by Gasteiger charge is 2.24. The van der Waals surface area contributed by atoms with Crippen LogP contribution in [0.4, 0.5) is 15.8 Å². The molecule has 3 rings (SSSR count). The molecule has 28 heavy (non-hydrogen) atoms. The third-order valence-electron chi connectivity index (χ3n) is 4.34. The summed E-state index contributed by atoms with van der Waals surface area (Å²) < 4.78 is 40.7. The molecule has 3 aromatic carbocycles. The molecule has 0 atom stereocenters. The lowest BCUT2D eigenvalue weighted by Gasteiger charge is -2.20. The highest BCUT2D eigenvalue weighted by atomic mass is 32.2. The van der Waals surface area contributed by atoms with Gasteiger partial charge >= 0.3 is 0 Å². The van der Waals surface area contributed by atoms with Crippen molar-refractivity contribution in [3.05, 3.63) is 89.7 Å². The van der Waals surface area contributed by atoms with E-state index in [1.54, 1.807) is 18.2 Å². The summed E-state index contributed by atoms with van der Waals surface area (Å²) in [6.45, 7) is 1.86. The molecule has 5 nitrogen and oxygen atoms in total. The number of carbonyl (C=O) groups is 1. The van der Waals surface area contributed by atoms with Crippen LogP contribution < -0.4 is 9.62 Å². The highest BCUT2D eigenvalue weighted by molar-refractivity contribution is 7.92. The Kier molecular flexibility index (Phi) is 5.46. The minimum Gasteiger partial charge on any atom is -0.322 e. The van der Waals surface area contributed by atoms with Crippen LogP contribution in [0.5, 0.6) is 0 Å². The van der Waals surface area contributed by atoms with E-state index in [9.17, 15) is 17.6 Å². The summed E-state index contributed by atoms with van der Waals surface area (Å²) in [4.78, 5) is 12.5. The number of halogens is 1. The van der Waals surface area contributed by atoms with Gasteiger partial charge in [0.1, 0.15) is 5.82 Å². The van der Waals surface area contributed by atoms with Crippen molar-refractivity contribution in [2.45, 2.75) is 11.8 Å². The number of benzene rings is 3. The number of hydrogen-bond donors (Lipinski definition) is 1. The summed E-state index contributed by atoms with van der Waals surface area (Å²) in [6.07, 6.45) is 0. The average molecular weight is 398 g/mol. The Morgan fingerprint density at radius 3 is 2.36 bits per heavy atom. The lowest BCUT2D eigenvalue weighted by atomic mass is 10.1. The monoisotopic (exact) mass is 398 g/mol. The maximum Gasteiger partial charge on any atom is 0.264 e. The van der Waals surface area contributed by atoms with Crippen LogP contribution in [0.1, 0.15) is 15.9 Å². The number of nitrogens with one attached hydrogen (secondary N) is 1. The van der Waals surface area contributed by atoms with Gasteiger partial charge in [-0.05, 0) is 48.9 Å². The fourth-order valence-electron chi connectivity index (χ4n) is 2.70. The number of sulfonamides is 1. The van der Waals surface area contributed by atoms with E-state index in [0.29, 0.717) is 5.69 Å². The van der Waals surface area contributed by atoms with E-state index in [1.165, 1.54) is 49.5 Å². The number of amides is 1. The van der Waals surface area contributed by atoms with Gasteiger partial charge in [-0.1, -0.05) is 36.4 Å². The zero-order chi connectivity index (χ0) is 20.3. The normalized spacial score (nSPS) is 11.1. The van der Waals surface area contributed by atoms with Crippen molar-refractivity contribution >= 4 is 27.3 Å². The summed E-state index contributed by atoms with van der Waals surface area (Å²) in [5, 5.41) is 2.77. The molecule has 0 radical (unpaired) electrons. The number of anilines is 2. The molecule has 1 N–H and O–H groups in total. The van der Waals surface area contributed by atoms with Crippen molar-refractivity contribution < 1.29 is 17.6 Å². The lowest BCUT2D eigenvalue weighted by molar-refractivity contribution is 0.102. The summed E-state index contributed by atoms with van der Waals surface area (Å²) in [6, 6.07) is 18.5. The molecule has 1 amide bonds. The first-order chi connectivity index (χ1) is 13.3. The predicted octanol–water partition coefficient (Wildman–Crippen LogP) is 4.21. The molecule has 3 aromatic rings. The van der Waals surface area contributed by atoms with Crippen LogP contribution >= 0.6 is 0 Å². The molecule has 0 aliphatic carbocycles. The molecular weight excluding hydrogens is 379 g/mol. The van der Waals surface area contributed by atoms with Crippen LogP contribution in [0.25, 0.3) is 0 Å². The Morgan fingerprint density at radius 2 is 1.64 bits per heavy atom. The molecular formula is C21H19FN2O3S. The number of hydrogen-bond acceptors (Lipinski definition) is 3. The van der Waals surface area contributed by atoms with Gasteiger partial charge in [0.15, 0.2) is 0 Å². The first-order valence-electron chi connectivity index (χ1n) is 8.51. The maximum atomic E-state index is 14.0. The van der Waals surface area contributed by atoms with Crippen molar-refractivity contribution in [1.29, 1.82) is 0 Å². The van der Waals surface area contributed by atoms with Crippen molar-refractivity contribution in [3.8, 4) is 0 Å². The zero-order valence-corrected chi connectivity index (χ0v) is 16.2. The van der Waals surface area contributed by atoms with Crippen LogP contribution in [-0.4, -0.2) is 21.4 Å². The zero-order valence-electron chi connectivity index (χ0n) is 15.4. The van der Waals surface area contributed by atoms with E-state index in [-0.39, 0.29) is 16.1 Å². The minimum atomic E-state index is -4.04. The van der Waals surface area contributed by atoms with Gasteiger partial charge < -0.3 is 5.32 Å². The second-order valence-electron chi connectivity index (χ2n) is 6.22. The smallest absolute Gasteiger partial charge is 0.264 e. The van der Waals surface area contributed by atoms with Gasteiger partial charge in [-0.15, -0.1) is 0 Å². The van der Waals surface area contributed by atoms with Crippen LogP contribution in [-0.2, 0) is 10.0 Å². The van der Waals surface area contributed by atoms with E-state index >= 15 is 0 Å². The van der Waals surface area contributed by atoms with Crippen molar-refractivity contribution in [1.82, 2.24) is 0 Å². The Bertz CT molecular complexity index is 1130. The predicted molar refractivity (Wildman–Crippen MR) is 108 cm³/mol. The van der Waals surface area contributed by atoms with Crippen LogP contribution in [0.15, 0.2) is 77.7 Å². The summed E-state index contributed by atoms with van der Waals surface area (Å²) in [5.74, 6) is -1.08. The van der Waals surface area contributed by atoms with Crippen LogP contribution in [0, 0.1) is 12.7 Å². The highest BCUT2D eigenvalue weighted by Crippen LogP contribution is 2.25. The SMILES string of the molecule is Cc1ccccc1NC(=O)c1cccc(S(=O)(=O)N(C)c2ccccc2F)c1. The third-order valence-corrected chi connectivity index (χ3v) is 6.11. The first kappa shape index (κ1) is 19.6.